The molecule has 0 N–H and O–H groups in total. The van der Waals surface area contributed by atoms with E-state index in [1.54, 1.807) is 0 Å². The highest BCUT2D eigenvalue weighted by molar-refractivity contribution is 6.29. The first-order chi connectivity index (χ1) is 12.4. The second-order valence-corrected chi connectivity index (χ2v) is 6.16. The normalized spacial score (nSPS) is 13.4. The maximum Gasteiger partial charge on any atom is 0.243 e. The summed E-state index contributed by atoms with van der Waals surface area (Å²) in [5.41, 5.74) is 0.570. The minimum absolute atomic E-state index is 0.0276. The van der Waals surface area contributed by atoms with Crippen LogP contribution in [-0.2, 0) is 24.2 Å². The zero-order valence-corrected chi connectivity index (χ0v) is 14.3. The molecular weight excluding hydrogens is 374 g/mol. The molecule has 0 unspecified atom stereocenters. The van der Waals surface area contributed by atoms with E-state index >= 15 is 0 Å². The maximum atomic E-state index is 14.0. The number of nitrogens with zero attached hydrogens (tertiary/aromatic N) is 3. The number of aryl methyl sites for hydroxylation is 2. The van der Waals surface area contributed by atoms with Gasteiger partial charge in [-0.15, -0.1) is 11.6 Å². The Kier molecular flexibility index (Phi) is 5.41. The lowest BCUT2D eigenvalue weighted by atomic mass is 10.0. The molecule has 0 saturated heterocycles. The van der Waals surface area contributed by atoms with Gasteiger partial charge in [0.25, 0.3) is 0 Å². The second kappa shape index (κ2) is 7.57. The highest BCUT2D eigenvalue weighted by atomic mass is 35.5. The minimum Gasteiger partial charge on any atom is -0.290 e. The van der Waals surface area contributed by atoms with E-state index in [1.165, 1.54) is 6.20 Å². The summed E-state index contributed by atoms with van der Waals surface area (Å²) in [4.78, 5) is 21.6. The number of hydrogen-bond donors (Lipinski definition) is 0. The quantitative estimate of drug-likeness (QED) is 0.457. The first kappa shape index (κ1) is 18.6. The van der Waals surface area contributed by atoms with Gasteiger partial charge in [-0.3, -0.25) is 14.7 Å². The number of carbonyl (C=O) groups excluding carboxylic acids is 1. The van der Waals surface area contributed by atoms with E-state index in [1.807, 2.05) is 0 Å². The molecule has 1 amide bonds. The van der Waals surface area contributed by atoms with Gasteiger partial charge < -0.3 is 0 Å². The molecule has 2 aromatic rings. The van der Waals surface area contributed by atoms with Crippen LogP contribution in [0.3, 0.4) is 0 Å². The first-order valence-electron chi connectivity index (χ1n) is 7.95. The Hall–Kier alpha value is -2.22. The molecule has 0 fully saturated rings. The van der Waals surface area contributed by atoms with Crippen molar-refractivity contribution in [1.82, 2.24) is 9.97 Å². The van der Waals surface area contributed by atoms with E-state index in [-0.39, 0.29) is 11.9 Å². The monoisotopic (exact) mass is 387 g/mol. The molecule has 0 radical (unpaired) electrons. The predicted molar refractivity (Wildman–Crippen MR) is 86.9 cm³/mol. The van der Waals surface area contributed by atoms with E-state index in [2.05, 4.69) is 9.97 Å². The van der Waals surface area contributed by atoms with Crippen LogP contribution in [0.15, 0.2) is 12.3 Å². The summed E-state index contributed by atoms with van der Waals surface area (Å²) >= 11 is 5.57. The summed E-state index contributed by atoms with van der Waals surface area (Å²) < 4.78 is 54.8. The minimum atomic E-state index is -1.57. The molecule has 0 atom stereocenters. The number of aromatic nitrogens is 2. The van der Waals surface area contributed by atoms with Gasteiger partial charge in [-0.05, 0) is 25.7 Å². The van der Waals surface area contributed by atoms with Gasteiger partial charge in [0.05, 0.1) is 24.1 Å². The van der Waals surface area contributed by atoms with Gasteiger partial charge >= 0.3 is 0 Å². The van der Waals surface area contributed by atoms with Gasteiger partial charge in [0.2, 0.25) is 5.91 Å². The van der Waals surface area contributed by atoms with E-state index in [4.69, 9.17) is 11.6 Å². The third-order valence-corrected chi connectivity index (χ3v) is 4.44. The maximum absolute atomic E-state index is 14.0. The number of benzene rings is 1. The third kappa shape index (κ3) is 3.51. The van der Waals surface area contributed by atoms with Crippen molar-refractivity contribution in [3.63, 3.8) is 0 Å². The number of hydrogen-bond acceptors (Lipinski definition) is 3. The van der Waals surface area contributed by atoms with Gasteiger partial charge in [0.15, 0.2) is 29.1 Å². The summed E-state index contributed by atoms with van der Waals surface area (Å²) in [5, 5.41) is 0. The van der Waals surface area contributed by atoms with Crippen LogP contribution in [0.25, 0.3) is 0 Å². The highest BCUT2D eigenvalue weighted by Gasteiger charge is 2.26. The lowest BCUT2D eigenvalue weighted by Crippen LogP contribution is -2.33. The van der Waals surface area contributed by atoms with Crippen molar-refractivity contribution >= 4 is 23.3 Å². The SMILES string of the molecule is O=C(CCl)N(Cc1c(F)c(F)cc(F)c1F)c1cnc2c(n1)CCCC2. The first-order valence-corrected chi connectivity index (χ1v) is 8.48. The highest BCUT2D eigenvalue weighted by Crippen LogP contribution is 2.25. The van der Waals surface area contributed by atoms with Crippen LogP contribution in [-0.4, -0.2) is 21.8 Å². The van der Waals surface area contributed by atoms with E-state index < -0.39 is 47.2 Å². The Bertz CT molecular complexity index is 836. The molecular formula is C17H14ClF4N3O. The largest absolute Gasteiger partial charge is 0.290 e. The van der Waals surface area contributed by atoms with Crippen LogP contribution in [0, 0.1) is 23.3 Å². The Labute approximate surface area is 151 Å². The molecule has 1 aromatic heterocycles. The fourth-order valence-electron chi connectivity index (χ4n) is 2.85. The van der Waals surface area contributed by atoms with Gasteiger partial charge in [0.1, 0.15) is 5.88 Å². The molecule has 1 heterocycles. The van der Waals surface area contributed by atoms with Gasteiger partial charge in [-0.1, -0.05) is 0 Å². The molecule has 0 saturated carbocycles. The number of fused-ring (bicyclic) bond motifs is 1. The lowest BCUT2D eigenvalue weighted by Gasteiger charge is -2.23. The average molecular weight is 388 g/mol. The molecule has 1 aromatic carbocycles. The number of halogens is 5. The van der Waals surface area contributed by atoms with Crippen molar-refractivity contribution in [2.24, 2.45) is 0 Å². The van der Waals surface area contributed by atoms with E-state index in [0.29, 0.717) is 12.1 Å². The zero-order chi connectivity index (χ0) is 18.8. The molecule has 0 aliphatic heterocycles. The standard InChI is InChI=1S/C17H14ClF4N3O/c18-6-15(26)25(8-9-16(21)10(19)5-11(20)17(9)22)14-7-23-12-3-1-2-4-13(12)24-14/h5,7H,1-4,6,8H2. The molecule has 0 spiro atoms. The zero-order valence-electron chi connectivity index (χ0n) is 13.5. The Morgan fingerprint density at radius 2 is 1.69 bits per heavy atom. The van der Waals surface area contributed by atoms with Gasteiger partial charge in [-0.2, -0.15) is 0 Å². The molecule has 9 heteroatoms. The Morgan fingerprint density at radius 3 is 2.31 bits per heavy atom. The van der Waals surface area contributed by atoms with Crippen molar-refractivity contribution in [3.05, 3.63) is 52.5 Å². The smallest absolute Gasteiger partial charge is 0.243 e. The fraction of sp³-hybridized carbons (Fsp3) is 0.353. The predicted octanol–water partition coefficient (Wildman–Crippen LogP) is 3.68. The topological polar surface area (TPSA) is 46.1 Å². The van der Waals surface area contributed by atoms with Crippen molar-refractivity contribution in [2.75, 3.05) is 10.8 Å². The molecule has 26 heavy (non-hydrogen) atoms. The number of rotatable bonds is 4. The molecule has 138 valence electrons. The van der Waals surface area contributed by atoms with Gasteiger partial charge in [-0.25, -0.2) is 22.5 Å². The lowest BCUT2D eigenvalue weighted by molar-refractivity contribution is -0.116. The second-order valence-electron chi connectivity index (χ2n) is 5.89. The third-order valence-electron chi connectivity index (χ3n) is 4.21. The van der Waals surface area contributed by atoms with Crippen molar-refractivity contribution in [1.29, 1.82) is 0 Å². The number of anilines is 1. The van der Waals surface area contributed by atoms with Gasteiger partial charge in [0, 0.05) is 11.6 Å². The molecule has 1 aliphatic carbocycles. The average Bonchev–Trinajstić information content (AvgIpc) is 2.65. The van der Waals surface area contributed by atoms with Crippen LogP contribution in [0.4, 0.5) is 23.4 Å². The summed E-state index contributed by atoms with van der Waals surface area (Å²) in [7, 11) is 0. The van der Waals surface area contributed by atoms with Crippen LogP contribution in [0.5, 0.6) is 0 Å². The number of carbonyl (C=O) groups is 1. The summed E-state index contributed by atoms with van der Waals surface area (Å²) in [6.07, 6.45) is 4.60. The summed E-state index contributed by atoms with van der Waals surface area (Å²) in [5.74, 6) is -7.42. The van der Waals surface area contributed by atoms with Crippen molar-refractivity contribution in [3.8, 4) is 0 Å². The number of amides is 1. The summed E-state index contributed by atoms with van der Waals surface area (Å²) in [6.45, 7) is -0.759. The molecule has 0 bridgehead atoms. The molecule has 4 nitrogen and oxygen atoms in total. The Balaban J connectivity index is 2.02. The molecule has 3 rings (SSSR count). The van der Waals surface area contributed by atoms with E-state index in [0.717, 1.165) is 29.9 Å². The summed E-state index contributed by atoms with van der Waals surface area (Å²) in [6, 6.07) is 0.112. The van der Waals surface area contributed by atoms with Crippen LogP contribution in [0.2, 0.25) is 0 Å². The molecule has 1 aliphatic rings. The van der Waals surface area contributed by atoms with Crippen LogP contribution in [0.1, 0.15) is 29.8 Å². The van der Waals surface area contributed by atoms with Crippen LogP contribution >= 0.6 is 11.6 Å². The number of alkyl halides is 1. The van der Waals surface area contributed by atoms with E-state index in [9.17, 15) is 22.4 Å². The van der Waals surface area contributed by atoms with Crippen molar-refractivity contribution < 1.29 is 22.4 Å². The van der Waals surface area contributed by atoms with Crippen LogP contribution < -0.4 is 4.90 Å². The Morgan fingerprint density at radius 1 is 1.08 bits per heavy atom. The van der Waals surface area contributed by atoms with Crippen molar-refractivity contribution in [2.45, 2.75) is 32.2 Å². The fourth-order valence-corrected chi connectivity index (χ4v) is 3.00.